The van der Waals surface area contributed by atoms with Gasteiger partial charge in [-0.15, -0.1) is 0 Å². The second-order valence-corrected chi connectivity index (χ2v) is 9.91. The molecule has 0 aromatic heterocycles. The van der Waals surface area contributed by atoms with Crippen LogP contribution in [0.3, 0.4) is 0 Å². The van der Waals surface area contributed by atoms with Gasteiger partial charge < -0.3 is 0 Å². The lowest BCUT2D eigenvalue weighted by Crippen LogP contribution is -2.36. The Morgan fingerprint density at radius 1 is 1.00 bits per heavy atom. The second kappa shape index (κ2) is 8.49. The van der Waals surface area contributed by atoms with Crippen molar-refractivity contribution in [2.24, 2.45) is 0 Å². The zero-order chi connectivity index (χ0) is 16.1. The van der Waals surface area contributed by atoms with Gasteiger partial charge in [-0.05, 0) is 25.0 Å². The predicted molar refractivity (Wildman–Crippen MR) is 89.6 cm³/mol. The van der Waals surface area contributed by atoms with Gasteiger partial charge in [0.05, 0.1) is 10.5 Å². The molecule has 0 rings (SSSR count). The molecule has 122 valence electrons. The van der Waals surface area contributed by atoms with Gasteiger partial charge in [-0.2, -0.15) is 54.7 Å². The summed E-state index contributed by atoms with van der Waals surface area (Å²) in [6.07, 6.45) is -0.115. The molecule has 0 heterocycles. The summed E-state index contributed by atoms with van der Waals surface area (Å²) in [4.78, 5) is 0. The van der Waals surface area contributed by atoms with Gasteiger partial charge in [0.15, 0.2) is 0 Å². The van der Waals surface area contributed by atoms with Crippen LogP contribution in [0.15, 0.2) is 0 Å². The lowest BCUT2D eigenvalue weighted by Gasteiger charge is -2.24. The molecule has 4 atom stereocenters. The largest absolute Gasteiger partial charge is 0.285 e. The van der Waals surface area contributed by atoms with Crippen molar-refractivity contribution < 1.29 is 25.9 Å². The SMILES string of the molecule is CC(S)CC(C(S)CC(CCS)S(=O)(=O)O)S(=O)(=O)O. The first-order chi connectivity index (χ1) is 8.89. The van der Waals surface area contributed by atoms with Gasteiger partial charge in [0.25, 0.3) is 20.2 Å². The van der Waals surface area contributed by atoms with Gasteiger partial charge in [-0.3, -0.25) is 9.11 Å². The van der Waals surface area contributed by atoms with Crippen molar-refractivity contribution in [3.05, 3.63) is 0 Å². The molecule has 0 aliphatic heterocycles. The van der Waals surface area contributed by atoms with Gasteiger partial charge in [-0.1, -0.05) is 6.92 Å². The Morgan fingerprint density at radius 3 is 1.80 bits per heavy atom. The van der Waals surface area contributed by atoms with Crippen LogP contribution in [0.5, 0.6) is 0 Å². The monoisotopic (exact) mass is 384 g/mol. The van der Waals surface area contributed by atoms with Gasteiger partial charge >= 0.3 is 0 Å². The minimum atomic E-state index is -4.39. The van der Waals surface area contributed by atoms with Crippen LogP contribution in [0.4, 0.5) is 0 Å². The fourth-order valence-electron chi connectivity index (χ4n) is 1.77. The molecule has 0 aromatic rings. The molecule has 0 saturated heterocycles. The molecule has 0 aliphatic rings. The molecule has 0 amide bonds. The van der Waals surface area contributed by atoms with E-state index in [1.807, 2.05) is 0 Å². The Labute approximate surface area is 136 Å². The smallest absolute Gasteiger partial charge is 0.268 e. The zero-order valence-electron chi connectivity index (χ0n) is 10.8. The summed E-state index contributed by atoms with van der Waals surface area (Å²) in [6.45, 7) is 1.65. The zero-order valence-corrected chi connectivity index (χ0v) is 15.1. The Hall–Kier alpha value is 0.870. The van der Waals surface area contributed by atoms with Crippen molar-refractivity contribution in [1.29, 1.82) is 0 Å². The third-order valence-corrected chi connectivity index (χ3v) is 6.56. The van der Waals surface area contributed by atoms with Gasteiger partial charge in [0.1, 0.15) is 0 Å². The highest BCUT2D eigenvalue weighted by molar-refractivity contribution is 7.89. The molecule has 6 nitrogen and oxygen atoms in total. The standard InChI is InChI=1S/C9H20O6S5/c1-6(17)4-9(20(13,14)15)8(18)5-7(2-3-16)19(10,11)12/h6-9,16-18H,2-5H2,1H3,(H,10,11,12)(H,13,14,15). The molecule has 0 saturated carbocycles. The van der Waals surface area contributed by atoms with E-state index in [1.54, 1.807) is 6.92 Å². The van der Waals surface area contributed by atoms with E-state index in [0.29, 0.717) is 0 Å². The van der Waals surface area contributed by atoms with E-state index in [0.717, 1.165) is 0 Å². The molecule has 0 aliphatic carbocycles. The van der Waals surface area contributed by atoms with Crippen molar-refractivity contribution in [2.75, 3.05) is 5.75 Å². The number of hydrogen-bond acceptors (Lipinski definition) is 7. The van der Waals surface area contributed by atoms with Crippen LogP contribution in [-0.4, -0.2) is 52.7 Å². The summed E-state index contributed by atoms with van der Waals surface area (Å²) in [5.41, 5.74) is 0. The van der Waals surface area contributed by atoms with Gasteiger partial charge in [0, 0.05) is 10.5 Å². The van der Waals surface area contributed by atoms with E-state index < -0.39 is 36.0 Å². The molecule has 4 unspecified atom stereocenters. The van der Waals surface area contributed by atoms with Crippen molar-refractivity contribution in [2.45, 2.75) is 47.2 Å². The van der Waals surface area contributed by atoms with E-state index >= 15 is 0 Å². The first-order valence-corrected chi connectivity index (χ1v) is 10.5. The highest BCUT2D eigenvalue weighted by Crippen LogP contribution is 2.25. The fourth-order valence-corrected chi connectivity index (χ4v) is 5.51. The summed E-state index contributed by atoms with van der Waals surface area (Å²) in [7, 11) is -8.71. The molecule has 20 heavy (non-hydrogen) atoms. The Bertz CT molecular complexity index is 485. The van der Waals surface area contributed by atoms with E-state index in [2.05, 4.69) is 37.9 Å². The maximum atomic E-state index is 11.3. The molecular weight excluding hydrogens is 364 g/mol. The van der Waals surface area contributed by atoms with Crippen molar-refractivity contribution in [3.8, 4) is 0 Å². The molecule has 0 spiro atoms. The first kappa shape index (κ1) is 20.9. The average Bonchev–Trinajstić information content (AvgIpc) is 2.22. The van der Waals surface area contributed by atoms with E-state index in [-0.39, 0.29) is 30.3 Å². The topological polar surface area (TPSA) is 109 Å². The van der Waals surface area contributed by atoms with Crippen LogP contribution in [0, 0.1) is 0 Å². The van der Waals surface area contributed by atoms with Crippen molar-refractivity contribution in [3.63, 3.8) is 0 Å². The van der Waals surface area contributed by atoms with Crippen molar-refractivity contribution in [1.82, 2.24) is 0 Å². The number of thiol groups is 3. The van der Waals surface area contributed by atoms with Crippen LogP contribution < -0.4 is 0 Å². The van der Waals surface area contributed by atoms with E-state index in [9.17, 15) is 21.4 Å². The molecular formula is C9H20O6S5. The maximum absolute atomic E-state index is 11.3. The lowest BCUT2D eigenvalue weighted by molar-refractivity contribution is 0.440. The normalized spacial score (nSPS) is 19.3. The third kappa shape index (κ3) is 7.76. The second-order valence-electron chi connectivity index (χ2n) is 4.59. The highest BCUT2D eigenvalue weighted by atomic mass is 32.2. The summed E-state index contributed by atoms with van der Waals surface area (Å²) < 4.78 is 63.4. The Balaban J connectivity index is 5.12. The summed E-state index contributed by atoms with van der Waals surface area (Å²) >= 11 is 12.0. The lowest BCUT2D eigenvalue weighted by atomic mass is 10.1. The van der Waals surface area contributed by atoms with E-state index in [4.69, 9.17) is 4.55 Å². The quantitative estimate of drug-likeness (QED) is 0.302. The molecule has 11 heteroatoms. The molecule has 0 radical (unpaired) electrons. The van der Waals surface area contributed by atoms with Crippen LogP contribution >= 0.6 is 37.9 Å². The molecule has 0 bridgehead atoms. The first-order valence-electron chi connectivity index (χ1n) is 5.79. The minimum Gasteiger partial charge on any atom is -0.285 e. The maximum Gasteiger partial charge on any atom is 0.268 e. The Morgan fingerprint density at radius 2 is 1.50 bits per heavy atom. The third-order valence-electron chi connectivity index (χ3n) is 2.76. The Kier molecular flexibility index (Phi) is 8.86. The number of hydrogen-bond donors (Lipinski definition) is 5. The summed E-state index contributed by atoms with van der Waals surface area (Å²) in [5, 5.41) is -3.67. The molecule has 0 fully saturated rings. The summed E-state index contributed by atoms with van der Waals surface area (Å²) in [5.74, 6) is 0.213. The predicted octanol–water partition coefficient (Wildman–Crippen LogP) is 1.22. The fraction of sp³-hybridized carbons (Fsp3) is 1.00. The molecule has 2 N–H and O–H groups in total. The average molecular weight is 385 g/mol. The van der Waals surface area contributed by atoms with Crippen LogP contribution in [0.2, 0.25) is 0 Å². The van der Waals surface area contributed by atoms with Crippen LogP contribution in [0.25, 0.3) is 0 Å². The highest BCUT2D eigenvalue weighted by Gasteiger charge is 2.35. The van der Waals surface area contributed by atoms with Gasteiger partial charge in [-0.25, -0.2) is 0 Å². The minimum absolute atomic E-state index is 0.0230. The molecule has 0 aromatic carbocycles. The van der Waals surface area contributed by atoms with Crippen LogP contribution in [0.1, 0.15) is 26.2 Å². The van der Waals surface area contributed by atoms with Gasteiger partial charge in [0.2, 0.25) is 0 Å². The van der Waals surface area contributed by atoms with Crippen LogP contribution in [-0.2, 0) is 20.2 Å². The summed E-state index contributed by atoms with van der Waals surface area (Å²) in [6, 6.07) is 0. The van der Waals surface area contributed by atoms with Crippen molar-refractivity contribution >= 4 is 58.1 Å². The van der Waals surface area contributed by atoms with E-state index in [1.165, 1.54) is 0 Å². The number of rotatable bonds is 9.